The molecule has 1 aliphatic carbocycles. The van der Waals surface area contributed by atoms with Crippen molar-refractivity contribution in [3.63, 3.8) is 0 Å². The molecule has 1 rings (SSSR count). The standard InChI is InChI=1S/C12H18N2O3/c1-2-3-4-7-13-12(17)14(9-11(15)16)8-10-5-6-10/h1,10H,3-9H2,(H,13,17)(H,15,16). The average Bonchev–Trinajstić information content (AvgIpc) is 3.06. The van der Waals surface area contributed by atoms with E-state index in [0.717, 1.165) is 12.8 Å². The lowest BCUT2D eigenvalue weighted by Gasteiger charge is -2.20. The monoisotopic (exact) mass is 238 g/mol. The van der Waals surface area contributed by atoms with Crippen LogP contribution < -0.4 is 5.32 Å². The van der Waals surface area contributed by atoms with Crippen LogP contribution in [-0.2, 0) is 4.79 Å². The molecule has 17 heavy (non-hydrogen) atoms. The maximum Gasteiger partial charge on any atom is 0.323 e. The molecule has 0 bridgehead atoms. The third-order valence-corrected chi connectivity index (χ3v) is 2.56. The number of nitrogens with zero attached hydrogens (tertiary/aromatic N) is 1. The molecule has 5 nitrogen and oxygen atoms in total. The molecular weight excluding hydrogens is 220 g/mol. The minimum Gasteiger partial charge on any atom is -0.480 e. The van der Waals surface area contributed by atoms with E-state index in [2.05, 4.69) is 11.2 Å². The summed E-state index contributed by atoms with van der Waals surface area (Å²) in [5.41, 5.74) is 0. The molecule has 2 N–H and O–H groups in total. The fraction of sp³-hybridized carbons (Fsp3) is 0.667. The first-order valence-electron chi connectivity index (χ1n) is 5.81. The number of carbonyl (C=O) groups is 2. The highest BCUT2D eigenvalue weighted by molar-refractivity contribution is 5.80. The molecule has 0 heterocycles. The summed E-state index contributed by atoms with van der Waals surface area (Å²) < 4.78 is 0. The topological polar surface area (TPSA) is 69.6 Å². The van der Waals surface area contributed by atoms with Crippen molar-refractivity contribution in [1.82, 2.24) is 10.2 Å². The van der Waals surface area contributed by atoms with Crippen molar-refractivity contribution in [3.05, 3.63) is 0 Å². The summed E-state index contributed by atoms with van der Waals surface area (Å²) in [4.78, 5) is 23.7. The van der Waals surface area contributed by atoms with E-state index >= 15 is 0 Å². The predicted octanol–water partition coefficient (Wildman–Crippen LogP) is 0.906. The second kappa shape index (κ2) is 6.79. The van der Waals surface area contributed by atoms with Crippen LogP contribution in [0.15, 0.2) is 0 Å². The van der Waals surface area contributed by atoms with Gasteiger partial charge < -0.3 is 15.3 Å². The van der Waals surface area contributed by atoms with Crippen molar-refractivity contribution in [1.29, 1.82) is 0 Å². The first-order valence-corrected chi connectivity index (χ1v) is 5.81. The van der Waals surface area contributed by atoms with Gasteiger partial charge in [0.15, 0.2) is 0 Å². The Balaban J connectivity index is 2.30. The van der Waals surface area contributed by atoms with E-state index in [1.54, 1.807) is 0 Å². The first kappa shape index (κ1) is 13.4. The van der Waals surface area contributed by atoms with Gasteiger partial charge in [-0.15, -0.1) is 12.3 Å². The molecule has 2 amide bonds. The molecule has 5 heteroatoms. The van der Waals surface area contributed by atoms with Gasteiger partial charge >= 0.3 is 12.0 Å². The number of carbonyl (C=O) groups excluding carboxylic acids is 1. The molecule has 0 aromatic carbocycles. The van der Waals surface area contributed by atoms with Crippen LogP contribution in [0.2, 0.25) is 0 Å². The van der Waals surface area contributed by atoms with Crippen molar-refractivity contribution in [2.75, 3.05) is 19.6 Å². The zero-order valence-corrected chi connectivity index (χ0v) is 9.82. The van der Waals surface area contributed by atoms with Crippen LogP contribution in [0.5, 0.6) is 0 Å². The lowest BCUT2D eigenvalue weighted by molar-refractivity contribution is -0.137. The van der Waals surface area contributed by atoms with E-state index < -0.39 is 5.97 Å². The van der Waals surface area contributed by atoms with E-state index in [-0.39, 0.29) is 12.6 Å². The number of hydrogen-bond acceptors (Lipinski definition) is 2. The fourth-order valence-corrected chi connectivity index (χ4v) is 1.49. The SMILES string of the molecule is C#CCCCNC(=O)N(CC(=O)O)CC1CC1. The number of rotatable bonds is 7. The number of amides is 2. The summed E-state index contributed by atoms with van der Waals surface area (Å²) in [7, 11) is 0. The molecular formula is C12H18N2O3. The second-order valence-electron chi connectivity index (χ2n) is 4.26. The van der Waals surface area contributed by atoms with Gasteiger partial charge in [0.25, 0.3) is 0 Å². The van der Waals surface area contributed by atoms with Crippen molar-refractivity contribution in [3.8, 4) is 12.3 Å². The highest BCUT2D eigenvalue weighted by Crippen LogP contribution is 2.29. The highest BCUT2D eigenvalue weighted by atomic mass is 16.4. The number of aliphatic carboxylic acids is 1. The molecule has 0 spiro atoms. The maximum absolute atomic E-state index is 11.7. The summed E-state index contributed by atoms with van der Waals surface area (Å²) in [6.45, 7) is 0.786. The van der Waals surface area contributed by atoms with Gasteiger partial charge in [0.1, 0.15) is 6.54 Å². The Labute approximate surface area is 101 Å². The van der Waals surface area contributed by atoms with Crippen molar-refractivity contribution >= 4 is 12.0 Å². The Morgan fingerprint density at radius 2 is 2.18 bits per heavy atom. The van der Waals surface area contributed by atoms with Gasteiger partial charge in [0.2, 0.25) is 0 Å². The number of nitrogens with one attached hydrogen (secondary N) is 1. The van der Waals surface area contributed by atoms with Gasteiger partial charge in [-0.2, -0.15) is 0 Å². The Hall–Kier alpha value is -1.70. The molecule has 0 saturated heterocycles. The molecule has 1 aliphatic rings. The first-order chi connectivity index (χ1) is 8.13. The van der Waals surface area contributed by atoms with Crippen LogP contribution in [0, 0.1) is 18.3 Å². The van der Waals surface area contributed by atoms with Gasteiger partial charge in [-0.1, -0.05) is 0 Å². The lowest BCUT2D eigenvalue weighted by Crippen LogP contribution is -2.44. The van der Waals surface area contributed by atoms with E-state index in [9.17, 15) is 9.59 Å². The normalized spacial score (nSPS) is 13.8. The van der Waals surface area contributed by atoms with Gasteiger partial charge in [-0.05, 0) is 25.2 Å². The third-order valence-electron chi connectivity index (χ3n) is 2.56. The van der Waals surface area contributed by atoms with E-state index in [0.29, 0.717) is 31.8 Å². The Morgan fingerprint density at radius 3 is 2.71 bits per heavy atom. The van der Waals surface area contributed by atoms with E-state index in [1.165, 1.54) is 4.90 Å². The van der Waals surface area contributed by atoms with Gasteiger partial charge in [0, 0.05) is 19.5 Å². The van der Waals surface area contributed by atoms with Crippen LogP contribution in [0.4, 0.5) is 4.79 Å². The van der Waals surface area contributed by atoms with E-state index in [4.69, 9.17) is 11.5 Å². The Morgan fingerprint density at radius 1 is 1.47 bits per heavy atom. The largest absolute Gasteiger partial charge is 0.480 e. The molecule has 1 fully saturated rings. The zero-order valence-electron chi connectivity index (χ0n) is 9.82. The maximum atomic E-state index is 11.7. The zero-order chi connectivity index (χ0) is 12.7. The van der Waals surface area contributed by atoms with E-state index in [1.807, 2.05) is 0 Å². The Bertz CT molecular complexity index is 318. The van der Waals surface area contributed by atoms with Gasteiger partial charge in [-0.25, -0.2) is 4.79 Å². The van der Waals surface area contributed by atoms with Crippen molar-refractivity contribution in [2.24, 2.45) is 5.92 Å². The molecule has 0 aliphatic heterocycles. The average molecular weight is 238 g/mol. The minimum absolute atomic E-state index is 0.239. The van der Waals surface area contributed by atoms with Crippen molar-refractivity contribution in [2.45, 2.75) is 25.7 Å². The quantitative estimate of drug-likeness (QED) is 0.511. The summed E-state index contributed by atoms with van der Waals surface area (Å²) in [6.07, 6.45) is 8.59. The van der Waals surface area contributed by atoms with Crippen molar-refractivity contribution < 1.29 is 14.7 Å². The second-order valence-corrected chi connectivity index (χ2v) is 4.26. The number of hydrogen-bond donors (Lipinski definition) is 2. The fourth-order valence-electron chi connectivity index (χ4n) is 1.49. The van der Waals surface area contributed by atoms with Gasteiger partial charge in [0.05, 0.1) is 0 Å². The molecule has 0 atom stereocenters. The smallest absolute Gasteiger partial charge is 0.323 e. The molecule has 0 aromatic rings. The number of carboxylic acid groups (broad SMARTS) is 1. The number of carboxylic acids is 1. The van der Waals surface area contributed by atoms with Gasteiger partial charge in [-0.3, -0.25) is 4.79 Å². The van der Waals surface area contributed by atoms with Crippen LogP contribution in [-0.4, -0.2) is 41.6 Å². The highest BCUT2D eigenvalue weighted by Gasteiger charge is 2.27. The summed E-state index contributed by atoms with van der Waals surface area (Å²) >= 11 is 0. The van der Waals surface area contributed by atoms with Crippen LogP contribution in [0.3, 0.4) is 0 Å². The minimum atomic E-state index is -0.982. The number of terminal acetylenes is 1. The molecule has 0 aromatic heterocycles. The third kappa shape index (κ3) is 5.81. The molecule has 1 saturated carbocycles. The number of unbranched alkanes of at least 4 members (excludes halogenated alkanes) is 1. The molecule has 0 radical (unpaired) electrons. The van der Waals surface area contributed by atoms with Crippen LogP contribution in [0.25, 0.3) is 0 Å². The molecule has 94 valence electrons. The lowest BCUT2D eigenvalue weighted by atomic mass is 10.3. The van der Waals surface area contributed by atoms with Crippen LogP contribution in [0.1, 0.15) is 25.7 Å². The molecule has 0 unspecified atom stereocenters. The predicted molar refractivity (Wildman–Crippen MR) is 63.4 cm³/mol. The Kier molecular flexibility index (Phi) is 5.34. The summed E-state index contributed by atoms with van der Waals surface area (Å²) in [5.74, 6) is 1.98. The number of urea groups is 1. The summed E-state index contributed by atoms with van der Waals surface area (Å²) in [5, 5.41) is 11.4. The van der Waals surface area contributed by atoms with Crippen LogP contribution >= 0.6 is 0 Å². The summed E-state index contributed by atoms with van der Waals surface area (Å²) in [6, 6.07) is -0.309.